The molecule has 34 heavy (non-hydrogen) atoms. The fourth-order valence-electron chi connectivity index (χ4n) is 4.54. The van der Waals surface area contributed by atoms with Crippen molar-refractivity contribution in [2.75, 3.05) is 22.9 Å². The lowest BCUT2D eigenvalue weighted by Crippen LogP contribution is -2.59. The van der Waals surface area contributed by atoms with E-state index in [0.717, 1.165) is 30.7 Å². The maximum atomic E-state index is 13.0. The van der Waals surface area contributed by atoms with Gasteiger partial charge < -0.3 is 9.80 Å². The summed E-state index contributed by atoms with van der Waals surface area (Å²) in [6, 6.07) is 10.5. The molecular formula is C24H25F3N6O. The van der Waals surface area contributed by atoms with Crippen molar-refractivity contribution < 1.29 is 13.2 Å². The van der Waals surface area contributed by atoms with Gasteiger partial charge in [0.1, 0.15) is 17.3 Å². The van der Waals surface area contributed by atoms with Crippen molar-refractivity contribution in [2.45, 2.75) is 44.9 Å². The van der Waals surface area contributed by atoms with Crippen LogP contribution >= 0.6 is 0 Å². The summed E-state index contributed by atoms with van der Waals surface area (Å²) in [7, 11) is 1.61. The van der Waals surface area contributed by atoms with Gasteiger partial charge in [-0.1, -0.05) is 13.8 Å². The zero-order valence-electron chi connectivity index (χ0n) is 19.2. The minimum Gasteiger partial charge on any atom is -0.365 e. The number of hydrogen-bond donors (Lipinski definition) is 0. The predicted octanol–water partition coefficient (Wildman–Crippen LogP) is 4.10. The molecule has 3 heterocycles. The molecule has 1 fully saturated rings. The van der Waals surface area contributed by atoms with Crippen LogP contribution < -0.4 is 15.5 Å². The number of aromatic nitrogens is 3. The minimum atomic E-state index is -4.38. The van der Waals surface area contributed by atoms with Crippen molar-refractivity contribution in [3.63, 3.8) is 0 Å². The summed E-state index contributed by atoms with van der Waals surface area (Å²) in [4.78, 5) is 25.6. The highest BCUT2D eigenvalue weighted by Gasteiger charge is 2.35. The molecule has 4 rings (SSSR count). The molecule has 2 atom stereocenters. The Bertz CT molecular complexity index is 1300. The molecule has 1 aliphatic heterocycles. The summed E-state index contributed by atoms with van der Waals surface area (Å²) in [5.74, 6) is 0.438. The summed E-state index contributed by atoms with van der Waals surface area (Å²) in [5, 5.41) is 9.34. The van der Waals surface area contributed by atoms with E-state index in [9.17, 15) is 23.2 Å². The lowest BCUT2D eigenvalue weighted by atomic mass is 10.0. The van der Waals surface area contributed by atoms with Crippen LogP contribution in [0.25, 0.3) is 11.0 Å². The summed E-state index contributed by atoms with van der Waals surface area (Å²) in [6.07, 6.45) is -2.91. The van der Waals surface area contributed by atoms with E-state index in [1.807, 2.05) is 19.9 Å². The van der Waals surface area contributed by atoms with Gasteiger partial charge in [0.2, 0.25) is 0 Å². The van der Waals surface area contributed by atoms with Crippen LogP contribution in [-0.2, 0) is 13.2 Å². The van der Waals surface area contributed by atoms with Gasteiger partial charge in [-0.05, 0) is 49.2 Å². The number of anilines is 2. The third-order valence-electron chi connectivity index (χ3n) is 6.49. The van der Waals surface area contributed by atoms with Crippen LogP contribution in [0.3, 0.4) is 0 Å². The maximum Gasteiger partial charge on any atom is 0.416 e. The first-order valence-electron chi connectivity index (χ1n) is 11.2. The van der Waals surface area contributed by atoms with Gasteiger partial charge >= 0.3 is 11.9 Å². The largest absolute Gasteiger partial charge is 0.416 e. The fraction of sp³-hybridized carbons (Fsp3) is 0.417. The molecule has 1 aromatic carbocycles. The molecule has 178 valence electrons. The van der Waals surface area contributed by atoms with E-state index in [1.54, 1.807) is 19.2 Å². The van der Waals surface area contributed by atoms with Gasteiger partial charge in [-0.3, -0.25) is 4.57 Å². The predicted molar refractivity (Wildman–Crippen MR) is 124 cm³/mol. The van der Waals surface area contributed by atoms with E-state index in [1.165, 1.54) is 16.7 Å². The molecule has 0 aliphatic carbocycles. The number of alkyl halides is 3. The lowest BCUT2D eigenvalue weighted by molar-refractivity contribution is -0.137. The number of pyridine rings is 1. The second kappa shape index (κ2) is 8.97. The van der Waals surface area contributed by atoms with Crippen molar-refractivity contribution in [2.24, 2.45) is 7.05 Å². The number of nitrogens with zero attached hydrogens (tertiary/aromatic N) is 6. The molecule has 0 unspecified atom stereocenters. The van der Waals surface area contributed by atoms with Crippen LogP contribution in [0.1, 0.15) is 37.9 Å². The van der Waals surface area contributed by atoms with Crippen molar-refractivity contribution in [1.82, 2.24) is 14.5 Å². The average molecular weight is 470 g/mol. The number of nitriles is 1. The van der Waals surface area contributed by atoms with E-state index in [-0.39, 0.29) is 17.8 Å². The highest BCUT2D eigenvalue weighted by atomic mass is 19.4. The Labute approximate surface area is 195 Å². The van der Waals surface area contributed by atoms with Gasteiger partial charge in [0.25, 0.3) is 0 Å². The smallest absolute Gasteiger partial charge is 0.365 e. The molecule has 1 aliphatic rings. The zero-order chi connectivity index (χ0) is 24.6. The Balaban J connectivity index is 1.75. The highest BCUT2D eigenvalue weighted by Crippen LogP contribution is 2.34. The van der Waals surface area contributed by atoms with Gasteiger partial charge in [0.05, 0.1) is 11.1 Å². The van der Waals surface area contributed by atoms with Crippen LogP contribution in [0.2, 0.25) is 0 Å². The monoisotopic (exact) mass is 470 g/mol. The van der Waals surface area contributed by atoms with Crippen molar-refractivity contribution in [1.29, 1.82) is 5.26 Å². The quantitative estimate of drug-likeness (QED) is 0.571. The first-order valence-corrected chi connectivity index (χ1v) is 11.2. The molecule has 1 saturated heterocycles. The second-order valence-electron chi connectivity index (χ2n) is 8.43. The van der Waals surface area contributed by atoms with Crippen LogP contribution in [0.5, 0.6) is 0 Å². The fourth-order valence-corrected chi connectivity index (χ4v) is 4.54. The second-order valence-corrected chi connectivity index (χ2v) is 8.43. The number of hydrogen-bond acceptors (Lipinski definition) is 6. The Kier molecular flexibility index (Phi) is 6.21. The number of halogens is 3. The van der Waals surface area contributed by atoms with Crippen LogP contribution in [-0.4, -0.2) is 39.7 Å². The lowest BCUT2D eigenvalue weighted by Gasteiger charge is -2.48. The average Bonchev–Trinajstić information content (AvgIpc) is 2.84. The molecule has 10 heteroatoms. The zero-order valence-corrected chi connectivity index (χ0v) is 19.2. The number of rotatable bonds is 4. The standard InChI is InChI=1S/C24H25F3N6O/c1-4-17-14-33(22-21-20(31(3)23(34)30-22)11-8-16(12-28)29-21)18(5-2)13-32(17)19-9-6-15(7-10-19)24(25,26)27/h6-11,17-18H,4-5,13-14H2,1-3H3/t17-,18+/m1/s1. The van der Waals surface area contributed by atoms with Gasteiger partial charge in [-0.15, -0.1) is 0 Å². The van der Waals surface area contributed by atoms with Gasteiger partial charge in [-0.2, -0.15) is 23.4 Å². The summed E-state index contributed by atoms with van der Waals surface area (Å²) in [5.41, 5.74) is 0.939. The number of piperazine rings is 1. The van der Waals surface area contributed by atoms with Gasteiger partial charge in [-0.25, -0.2) is 9.78 Å². The number of aryl methyl sites for hydroxylation is 1. The molecule has 0 saturated carbocycles. The molecule has 3 aromatic rings. The van der Waals surface area contributed by atoms with E-state index in [4.69, 9.17) is 0 Å². The molecule has 0 radical (unpaired) electrons. The Morgan fingerprint density at radius 2 is 1.62 bits per heavy atom. The summed E-state index contributed by atoms with van der Waals surface area (Å²) >= 11 is 0. The van der Waals surface area contributed by atoms with Crippen molar-refractivity contribution in [3.05, 3.63) is 58.1 Å². The van der Waals surface area contributed by atoms with E-state index < -0.39 is 17.4 Å². The van der Waals surface area contributed by atoms with Crippen molar-refractivity contribution in [3.8, 4) is 6.07 Å². The number of benzene rings is 1. The normalized spacial score (nSPS) is 18.9. The molecule has 7 nitrogen and oxygen atoms in total. The summed E-state index contributed by atoms with van der Waals surface area (Å²) in [6.45, 7) is 5.11. The number of fused-ring (bicyclic) bond motifs is 1. The third kappa shape index (κ3) is 4.18. The third-order valence-corrected chi connectivity index (χ3v) is 6.49. The molecule has 2 aromatic heterocycles. The van der Waals surface area contributed by atoms with Gasteiger partial charge in [0, 0.05) is 37.9 Å². The molecule has 0 amide bonds. The molecule has 0 N–H and O–H groups in total. The molecule has 0 spiro atoms. The van der Waals surface area contributed by atoms with Crippen LogP contribution in [0, 0.1) is 11.3 Å². The van der Waals surface area contributed by atoms with Gasteiger partial charge in [0.15, 0.2) is 5.82 Å². The van der Waals surface area contributed by atoms with E-state index in [2.05, 4.69) is 19.8 Å². The first-order chi connectivity index (χ1) is 16.2. The molecular weight excluding hydrogens is 445 g/mol. The molecule has 0 bridgehead atoms. The Morgan fingerprint density at radius 1 is 1.00 bits per heavy atom. The highest BCUT2D eigenvalue weighted by molar-refractivity contribution is 5.86. The van der Waals surface area contributed by atoms with E-state index in [0.29, 0.717) is 29.9 Å². The summed E-state index contributed by atoms with van der Waals surface area (Å²) < 4.78 is 40.5. The van der Waals surface area contributed by atoms with E-state index >= 15 is 0 Å². The first kappa shape index (κ1) is 23.5. The van der Waals surface area contributed by atoms with Crippen LogP contribution in [0.15, 0.2) is 41.2 Å². The van der Waals surface area contributed by atoms with Crippen molar-refractivity contribution >= 4 is 22.5 Å². The van der Waals surface area contributed by atoms with Crippen LogP contribution in [0.4, 0.5) is 24.7 Å². The Hall–Kier alpha value is -3.61. The topological polar surface area (TPSA) is 78.0 Å². The minimum absolute atomic E-state index is 0.0143. The Morgan fingerprint density at radius 3 is 2.21 bits per heavy atom. The maximum absolute atomic E-state index is 13.0. The SMILES string of the molecule is CC[C@@H]1CN(c2nc(=O)n(C)c3ccc(C#N)nc23)[C@@H](CC)CN1c1ccc(C(F)(F)F)cc1.